The number of imidazole rings is 1. The normalized spacial score (nSPS) is 17.8. The lowest BCUT2D eigenvalue weighted by molar-refractivity contribution is 0.0831. The van der Waals surface area contributed by atoms with Crippen molar-refractivity contribution in [3.63, 3.8) is 0 Å². The summed E-state index contributed by atoms with van der Waals surface area (Å²) in [6.07, 6.45) is 2.16. The minimum absolute atomic E-state index is 0.542. The Kier molecular flexibility index (Phi) is 2.92. The van der Waals surface area contributed by atoms with E-state index in [1.54, 1.807) is 0 Å². The van der Waals surface area contributed by atoms with E-state index in [1.807, 2.05) is 0 Å². The maximum atomic E-state index is 5.41. The predicted octanol–water partition coefficient (Wildman–Crippen LogP) is 3.23. The molecule has 1 aliphatic rings. The number of fused-ring (bicyclic) bond motifs is 1. The topological polar surface area (TPSA) is 27.1 Å². The number of halogens is 1. The van der Waals surface area contributed by atoms with Crippen molar-refractivity contribution >= 4 is 27.0 Å². The summed E-state index contributed by atoms with van der Waals surface area (Å²) in [5.41, 5.74) is 2.28. The van der Waals surface area contributed by atoms with Gasteiger partial charge in [0.15, 0.2) is 0 Å². The summed E-state index contributed by atoms with van der Waals surface area (Å²) in [5.74, 6) is 1.74. The van der Waals surface area contributed by atoms with E-state index < -0.39 is 0 Å². The van der Waals surface area contributed by atoms with E-state index in [2.05, 4.69) is 45.7 Å². The third-order valence-electron chi connectivity index (χ3n) is 3.46. The molecular weight excluding hydrogens is 280 g/mol. The van der Waals surface area contributed by atoms with E-state index >= 15 is 0 Å². The van der Waals surface area contributed by atoms with E-state index in [4.69, 9.17) is 9.72 Å². The fourth-order valence-electron chi connectivity index (χ4n) is 2.51. The second-order valence-corrected chi connectivity index (χ2v) is 5.46. The molecule has 0 spiro atoms. The molecule has 3 nitrogen and oxygen atoms in total. The van der Waals surface area contributed by atoms with Crippen molar-refractivity contribution in [1.82, 2.24) is 9.55 Å². The van der Waals surface area contributed by atoms with E-state index in [0.717, 1.165) is 36.0 Å². The first-order valence-electron chi connectivity index (χ1n) is 5.95. The summed E-state index contributed by atoms with van der Waals surface area (Å²) < 4.78 is 8.71. The standard InChI is InChI=1S/C13H15BrN2O/c1-16-12-3-2-10(14)8-11(12)15-13(16)9-4-6-17-7-5-9/h2-3,8-9H,4-7H2,1H3. The van der Waals surface area contributed by atoms with Gasteiger partial charge < -0.3 is 9.30 Å². The molecule has 1 aromatic carbocycles. The molecule has 3 rings (SSSR count). The van der Waals surface area contributed by atoms with Gasteiger partial charge in [0.1, 0.15) is 5.82 Å². The molecule has 17 heavy (non-hydrogen) atoms. The molecule has 0 aliphatic carbocycles. The summed E-state index contributed by atoms with van der Waals surface area (Å²) in [4.78, 5) is 4.77. The molecule has 1 aromatic heterocycles. The maximum absolute atomic E-state index is 5.41. The van der Waals surface area contributed by atoms with Crippen molar-refractivity contribution in [2.75, 3.05) is 13.2 Å². The highest BCUT2D eigenvalue weighted by Crippen LogP contribution is 2.29. The Morgan fingerprint density at radius 3 is 2.88 bits per heavy atom. The summed E-state index contributed by atoms with van der Waals surface area (Å²) >= 11 is 3.49. The first-order valence-corrected chi connectivity index (χ1v) is 6.74. The second-order valence-electron chi connectivity index (χ2n) is 4.55. The molecule has 1 fully saturated rings. The van der Waals surface area contributed by atoms with Gasteiger partial charge in [-0.2, -0.15) is 0 Å². The summed E-state index contributed by atoms with van der Waals surface area (Å²) in [7, 11) is 2.11. The fourth-order valence-corrected chi connectivity index (χ4v) is 2.86. The van der Waals surface area contributed by atoms with E-state index in [9.17, 15) is 0 Å². The minimum Gasteiger partial charge on any atom is -0.381 e. The molecular formula is C13H15BrN2O. The van der Waals surface area contributed by atoms with Gasteiger partial charge in [0.2, 0.25) is 0 Å². The van der Waals surface area contributed by atoms with Gasteiger partial charge in [-0.15, -0.1) is 0 Å². The molecule has 90 valence electrons. The Hall–Kier alpha value is -0.870. The smallest absolute Gasteiger partial charge is 0.112 e. The van der Waals surface area contributed by atoms with Gasteiger partial charge in [-0.25, -0.2) is 4.98 Å². The third kappa shape index (κ3) is 2.00. The lowest BCUT2D eigenvalue weighted by Crippen LogP contribution is -2.17. The lowest BCUT2D eigenvalue weighted by atomic mass is 9.99. The van der Waals surface area contributed by atoms with Crippen molar-refractivity contribution in [1.29, 1.82) is 0 Å². The fraction of sp³-hybridized carbons (Fsp3) is 0.462. The Morgan fingerprint density at radius 1 is 1.35 bits per heavy atom. The van der Waals surface area contributed by atoms with Crippen LogP contribution in [0.4, 0.5) is 0 Å². The van der Waals surface area contributed by atoms with Gasteiger partial charge in [0.05, 0.1) is 11.0 Å². The van der Waals surface area contributed by atoms with Crippen LogP contribution in [0.1, 0.15) is 24.6 Å². The Morgan fingerprint density at radius 2 is 2.12 bits per heavy atom. The van der Waals surface area contributed by atoms with E-state index in [1.165, 1.54) is 11.3 Å². The molecule has 0 saturated carbocycles. The van der Waals surface area contributed by atoms with Crippen LogP contribution in [0.25, 0.3) is 11.0 Å². The summed E-state index contributed by atoms with van der Waals surface area (Å²) in [5, 5.41) is 0. The van der Waals surface area contributed by atoms with Crippen LogP contribution in [0.5, 0.6) is 0 Å². The summed E-state index contributed by atoms with van der Waals surface area (Å²) in [6, 6.07) is 6.27. The molecule has 0 bridgehead atoms. The number of nitrogens with zero attached hydrogens (tertiary/aromatic N) is 2. The second kappa shape index (κ2) is 4.42. The highest BCUT2D eigenvalue weighted by molar-refractivity contribution is 9.10. The molecule has 2 aromatic rings. The van der Waals surface area contributed by atoms with Gasteiger partial charge in [0.25, 0.3) is 0 Å². The van der Waals surface area contributed by atoms with Gasteiger partial charge in [-0.05, 0) is 31.0 Å². The average molecular weight is 295 g/mol. The minimum atomic E-state index is 0.542. The number of hydrogen-bond acceptors (Lipinski definition) is 2. The van der Waals surface area contributed by atoms with Gasteiger partial charge in [-0.1, -0.05) is 15.9 Å². The molecule has 1 aliphatic heterocycles. The Bertz CT molecular complexity index is 544. The average Bonchev–Trinajstić information content (AvgIpc) is 2.67. The molecule has 0 amide bonds. The van der Waals surface area contributed by atoms with Crippen LogP contribution in [-0.2, 0) is 11.8 Å². The monoisotopic (exact) mass is 294 g/mol. The van der Waals surface area contributed by atoms with E-state index in [0.29, 0.717) is 5.92 Å². The van der Waals surface area contributed by atoms with Crippen LogP contribution in [-0.4, -0.2) is 22.8 Å². The number of benzene rings is 1. The zero-order valence-electron chi connectivity index (χ0n) is 9.82. The van der Waals surface area contributed by atoms with Crippen LogP contribution in [0.15, 0.2) is 22.7 Å². The number of aryl methyl sites for hydroxylation is 1. The summed E-state index contributed by atoms with van der Waals surface area (Å²) in [6.45, 7) is 1.72. The molecule has 0 unspecified atom stereocenters. The van der Waals surface area contributed by atoms with Gasteiger partial charge >= 0.3 is 0 Å². The van der Waals surface area contributed by atoms with E-state index in [-0.39, 0.29) is 0 Å². The SMILES string of the molecule is Cn1c(C2CCOCC2)nc2cc(Br)ccc21. The van der Waals surface area contributed by atoms with Crippen LogP contribution >= 0.6 is 15.9 Å². The predicted molar refractivity (Wildman–Crippen MR) is 71.2 cm³/mol. The third-order valence-corrected chi connectivity index (χ3v) is 3.96. The molecule has 2 heterocycles. The first-order chi connectivity index (χ1) is 8.25. The Labute approximate surface area is 109 Å². The highest BCUT2D eigenvalue weighted by Gasteiger charge is 2.21. The number of aromatic nitrogens is 2. The van der Waals surface area contributed by atoms with Gasteiger partial charge in [0, 0.05) is 30.7 Å². The first kappa shape index (κ1) is 11.2. The quantitative estimate of drug-likeness (QED) is 0.807. The van der Waals surface area contributed by atoms with Crippen LogP contribution < -0.4 is 0 Å². The molecule has 4 heteroatoms. The molecule has 0 radical (unpaired) electrons. The van der Waals surface area contributed by atoms with Crippen molar-refractivity contribution in [3.8, 4) is 0 Å². The molecule has 0 atom stereocenters. The zero-order valence-corrected chi connectivity index (χ0v) is 11.4. The van der Waals surface area contributed by atoms with Crippen molar-refractivity contribution in [2.24, 2.45) is 7.05 Å². The van der Waals surface area contributed by atoms with Crippen LogP contribution in [0.3, 0.4) is 0 Å². The maximum Gasteiger partial charge on any atom is 0.112 e. The van der Waals surface area contributed by atoms with Crippen molar-refractivity contribution in [3.05, 3.63) is 28.5 Å². The molecule has 1 saturated heterocycles. The zero-order chi connectivity index (χ0) is 11.8. The molecule has 0 N–H and O–H groups in total. The van der Waals surface area contributed by atoms with Crippen LogP contribution in [0.2, 0.25) is 0 Å². The number of ether oxygens (including phenoxy) is 1. The highest BCUT2D eigenvalue weighted by atomic mass is 79.9. The van der Waals surface area contributed by atoms with Crippen LogP contribution in [0, 0.1) is 0 Å². The number of hydrogen-bond donors (Lipinski definition) is 0. The Balaban J connectivity index is 2.07. The number of rotatable bonds is 1. The van der Waals surface area contributed by atoms with Crippen molar-refractivity contribution in [2.45, 2.75) is 18.8 Å². The van der Waals surface area contributed by atoms with Crippen molar-refractivity contribution < 1.29 is 4.74 Å². The largest absolute Gasteiger partial charge is 0.381 e. The lowest BCUT2D eigenvalue weighted by Gasteiger charge is -2.21. The van der Waals surface area contributed by atoms with Gasteiger partial charge in [-0.3, -0.25) is 0 Å².